The van der Waals surface area contributed by atoms with Crippen molar-refractivity contribution in [3.05, 3.63) is 64.7 Å². The molecule has 0 unspecified atom stereocenters. The Morgan fingerprint density at radius 1 is 1.05 bits per heavy atom. The number of nitrogens with zero attached hydrogens (tertiary/aromatic N) is 1. The van der Waals surface area contributed by atoms with Crippen molar-refractivity contribution < 1.29 is 37.2 Å². The van der Waals surface area contributed by atoms with Crippen LogP contribution in [-0.2, 0) is 43.7 Å². The first-order valence-corrected chi connectivity index (χ1v) is 14.5. The number of rotatable bonds is 15. The Bertz CT molecular complexity index is 1300. The van der Waals surface area contributed by atoms with Gasteiger partial charge in [-0.25, -0.2) is 0 Å². The molecule has 10 nitrogen and oxygen atoms in total. The van der Waals surface area contributed by atoms with E-state index in [0.717, 1.165) is 23.3 Å². The van der Waals surface area contributed by atoms with Gasteiger partial charge in [0.05, 0.1) is 24.3 Å². The van der Waals surface area contributed by atoms with E-state index in [9.17, 15) is 32.6 Å². The van der Waals surface area contributed by atoms with Crippen LogP contribution in [0.5, 0.6) is 0 Å². The number of nitrogens with two attached hydrogens (primary N) is 3. The minimum atomic E-state index is -4.52. The highest BCUT2D eigenvalue weighted by atomic mass is 19.4. The van der Waals surface area contributed by atoms with E-state index < -0.39 is 42.3 Å². The van der Waals surface area contributed by atoms with Crippen LogP contribution in [-0.4, -0.2) is 72.9 Å². The summed E-state index contributed by atoms with van der Waals surface area (Å²) in [5.41, 5.74) is 18.3. The fraction of sp³-hybridized carbons (Fsp3) is 0.500. The summed E-state index contributed by atoms with van der Waals surface area (Å²) in [6, 6.07) is 7.63. The van der Waals surface area contributed by atoms with Gasteiger partial charge < -0.3 is 37.1 Å². The van der Waals surface area contributed by atoms with Crippen molar-refractivity contribution in [1.82, 2.24) is 10.2 Å². The van der Waals surface area contributed by atoms with Gasteiger partial charge in [-0.15, -0.1) is 0 Å². The van der Waals surface area contributed by atoms with Gasteiger partial charge in [-0.05, 0) is 52.5 Å². The third-order valence-electron chi connectivity index (χ3n) is 7.79. The highest BCUT2D eigenvalue weighted by Crippen LogP contribution is 2.31. The number of halogens is 3. The minimum absolute atomic E-state index is 0.00250. The predicted octanol–water partition coefficient (Wildman–Crippen LogP) is 0.741. The summed E-state index contributed by atoms with van der Waals surface area (Å²) in [7, 11) is -1.06. The van der Waals surface area contributed by atoms with Crippen molar-refractivity contribution in [2.24, 2.45) is 17.2 Å². The highest BCUT2D eigenvalue weighted by molar-refractivity contribution is 6.61. The van der Waals surface area contributed by atoms with Gasteiger partial charge in [0, 0.05) is 39.0 Å². The number of hydrogen-bond donors (Lipinski definition) is 5. The van der Waals surface area contributed by atoms with E-state index in [1.54, 1.807) is 6.07 Å². The number of ketones is 1. The lowest BCUT2D eigenvalue weighted by molar-refractivity contribution is -0.137. The van der Waals surface area contributed by atoms with Crippen molar-refractivity contribution in [3.63, 3.8) is 0 Å². The molecule has 8 N–H and O–H groups in total. The molecule has 14 heteroatoms. The molecule has 0 saturated carbocycles. The number of carbonyl (C=O) groups is 3. The summed E-state index contributed by atoms with van der Waals surface area (Å²) in [6.07, 6.45) is -4.65. The molecule has 1 aliphatic heterocycles. The summed E-state index contributed by atoms with van der Waals surface area (Å²) < 4.78 is 44.6. The fourth-order valence-corrected chi connectivity index (χ4v) is 5.13. The zero-order valence-electron chi connectivity index (χ0n) is 25.0. The smallest absolute Gasteiger partial charge is 0.423 e. The van der Waals surface area contributed by atoms with E-state index in [2.05, 4.69) is 5.32 Å². The maximum Gasteiger partial charge on any atom is 0.491 e. The molecule has 2 amide bonds. The summed E-state index contributed by atoms with van der Waals surface area (Å²) >= 11 is 0. The molecule has 0 fully saturated rings. The van der Waals surface area contributed by atoms with E-state index in [1.807, 2.05) is 26.0 Å². The lowest BCUT2D eigenvalue weighted by Crippen LogP contribution is -2.50. The van der Waals surface area contributed by atoms with Crippen LogP contribution in [0.1, 0.15) is 55.4 Å². The monoisotopic (exact) mass is 619 g/mol. The Labute approximate surface area is 255 Å². The van der Waals surface area contributed by atoms with Crippen molar-refractivity contribution in [3.8, 4) is 0 Å². The molecule has 0 bridgehead atoms. The second-order valence-corrected chi connectivity index (χ2v) is 11.7. The average molecular weight is 619 g/mol. The van der Waals surface area contributed by atoms with Gasteiger partial charge >= 0.3 is 13.3 Å². The van der Waals surface area contributed by atoms with E-state index in [4.69, 9.17) is 21.9 Å². The van der Waals surface area contributed by atoms with Gasteiger partial charge in [-0.3, -0.25) is 14.4 Å². The van der Waals surface area contributed by atoms with Gasteiger partial charge in [0.25, 0.3) is 0 Å². The van der Waals surface area contributed by atoms with Crippen LogP contribution in [0.25, 0.3) is 0 Å². The van der Waals surface area contributed by atoms with Gasteiger partial charge in [0.15, 0.2) is 5.78 Å². The molecule has 0 radical (unpaired) electrons. The third-order valence-corrected chi connectivity index (χ3v) is 7.79. The molecule has 2 atom stereocenters. The maximum atomic E-state index is 13.7. The van der Waals surface area contributed by atoms with Gasteiger partial charge in [0.2, 0.25) is 11.8 Å². The number of benzene rings is 2. The first-order valence-electron chi connectivity index (χ1n) is 14.5. The molecule has 0 aromatic heterocycles. The molecule has 2 aromatic rings. The van der Waals surface area contributed by atoms with Crippen molar-refractivity contribution in [2.75, 3.05) is 26.2 Å². The number of hydrogen-bond acceptors (Lipinski definition) is 8. The Balaban J connectivity index is 1.76. The second kappa shape index (κ2) is 15.1. The van der Waals surface area contributed by atoms with E-state index >= 15 is 0 Å². The topological polar surface area (TPSA) is 174 Å². The van der Waals surface area contributed by atoms with E-state index in [0.29, 0.717) is 24.1 Å². The first kappa shape index (κ1) is 35.2. The fourth-order valence-electron chi connectivity index (χ4n) is 5.13. The Morgan fingerprint density at radius 3 is 2.25 bits per heavy atom. The number of amides is 2. The minimum Gasteiger partial charge on any atom is -0.423 e. The first-order chi connectivity index (χ1) is 20.7. The zero-order chi connectivity index (χ0) is 32.7. The zero-order valence-corrected chi connectivity index (χ0v) is 25.0. The molecule has 44 heavy (non-hydrogen) atoms. The van der Waals surface area contributed by atoms with Crippen LogP contribution >= 0.6 is 0 Å². The standard InChI is InChI=1S/C30H41BF3N5O5/c1-29(2,22-8-5-20-18-44-31(43)23(20)16-22)17-26(40)25(15-19-3-6-21(7-4-19)30(32,33)34)38-28(42)24(37)9-10-27(41)39(13-11-35)14-12-36/h3-8,16,24-25,43H,9-15,17-18,35-37H2,1-2H3,(H,38,42)/t24-,25+/m0/s1. The van der Waals surface area contributed by atoms with Crippen molar-refractivity contribution >= 4 is 30.2 Å². The molecule has 3 rings (SSSR count). The normalized spacial score (nSPS) is 14.6. The maximum absolute atomic E-state index is 13.7. The van der Waals surface area contributed by atoms with Crippen LogP contribution in [0.3, 0.4) is 0 Å². The van der Waals surface area contributed by atoms with Crippen LogP contribution < -0.4 is 28.0 Å². The molecule has 0 saturated heterocycles. The molecule has 240 valence electrons. The quantitative estimate of drug-likeness (QED) is 0.182. The molecular weight excluding hydrogens is 578 g/mol. The molecular formula is C30H41BF3N5O5. The lowest BCUT2D eigenvalue weighted by atomic mass is 9.73. The van der Waals surface area contributed by atoms with Crippen LogP contribution in [0.2, 0.25) is 0 Å². The molecule has 0 aliphatic carbocycles. The summed E-state index contributed by atoms with van der Waals surface area (Å²) in [4.78, 5) is 40.9. The van der Waals surface area contributed by atoms with E-state index in [-0.39, 0.29) is 57.1 Å². The predicted molar refractivity (Wildman–Crippen MR) is 160 cm³/mol. The van der Waals surface area contributed by atoms with Crippen molar-refractivity contribution in [2.45, 2.75) is 69.8 Å². The van der Waals surface area contributed by atoms with Gasteiger partial charge in [0.1, 0.15) is 0 Å². The number of alkyl halides is 3. The molecule has 0 spiro atoms. The van der Waals surface area contributed by atoms with Crippen LogP contribution in [0.4, 0.5) is 13.2 Å². The third kappa shape index (κ3) is 9.35. The lowest BCUT2D eigenvalue weighted by Gasteiger charge is -2.28. The Hall–Kier alpha value is -3.30. The largest absolute Gasteiger partial charge is 0.491 e. The number of fused-ring (bicyclic) bond motifs is 1. The Morgan fingerprint density at radius 2 is 1.66 bits per heavy atom. The molecule has 1 heterocycles. The Kier molecular flexibility index (Phi) is 12.1. The number of nitrogens with one attached hydrogen (secondary N) is 1. The number of carbonyl (C=O) groups excluding carboxylic acids is 3. The van der Waals surface area contributed by atoms with E-state index in [1.165, 1.54) is 17.0 Å². The van der Waals surface area contributed by atoms with Crippen LogP contribution in [0.15, 0.2) is 42.5 Å². The van der Waals surface area contributed by atoms with Gasteiger partial charge in [-0.1, -0.05) is 44.2 Å². The SMILES string of the molecule is CC(C)(CC(=O)[C@@H](Cc1ccc(C(F)(F)F)cc1)NC(=O)[C@@H](N)CCC(=O)N(CCN)CCN)c1ccc2c(c1)B(O)OC2. The molecule has 2 aromatic carbocycles. The van der Waals surface area contributed by atoms with Gasteiger partial charge in [-0.2, -0.15) is 13.2 Å². The number of Topliss-reactive ketones (excluding diaryl/α,β-unsaturated/α-hetero) is 1. The second-order valence-electron chi connectivity index (χ2n) is 11.7. The molecule has 1 aliphatic rings. The average Bonchev–Trinajstić information content (AvgIpc) is 3.34. The summed E-state index contributed by atoms with van der Waals surface area (Å²) in [5.74, 6) is -1.28. The van der Waals surface area contributed by atoms with Crippen molar-refractivity contribution in [1.29, 1.82) is 0 Å². The summed E-state index contributed by atoms with van der Waals surface area (Å²) in [5, 5.41) is 12.8. The van der Waals surface area contributed by atoms with Crippen LogP contribution in [0, 0.1) is 0 Å². The summed E-state index contributed by atoms with van der Waals surface area (Å²) in [6.45, 7) is 5.10. The highest BCUT2D eigenvalue weighted by Gasteiger charge is 2.34.